The zero-order valence-electron chi connectivity index (χ0n) is 27.8. The number of hydrogen-bond donors (Lipinski definition) is 5. The number of carbonyl (C=O) groups excluding carboxylic acids is 5. The number of benzene rings is 3. The summed E-state index contributed by atoms with van der Waals surface area (Å²) in [7, 11) is 0. The minimum atomic E-state index is -1.09. The van der Waals surface area contributed by atoms with Crippen molar-refractivity contribution in [2.45, 2.75) is 70.2 Å². The van der Waals surface area contributed by atoms with Crippen LogP contribution in [0.15, 0.2) is 90.6 Å². The summed E-state index contributed by atoms with van der Waals surface area (Å²) in [6, 6.07) is 21.0. The minimum Gasteiger partial charge on any atom is -0.508 e. The summed E-state index contributed by atoms with van der Waals surface area (Å²) in [6.07, 6.45) is 1.72. The molecule has 3 atom stereocenters. The van der Waals surface area contributed by atoms with Gasteiger partial charge in [-0.3, -0.25) is 19.2 Å². The van der Waals surface area contributed by atoms with E-state index in [0.717, 1.165) is 5.56 Å². The van der Waals surface area contributed by atoms with E-state index in [1.807, 2.05) is 30.3 Å². The molecule has 1 aliphatic rings. The molecular weight excluding hydrogens is 626 g/mol. The first kappa shape index (κ1) is 36.2. The van der Waals surface area contributed by atoms with E-state index >= 15 is 0 Å². The van der Waals surface area contributed by atoms with Crippen molar-refractivity contribution in [3.63, 3.8) is 0 Å². The molecule has 1 fully saturated rings. The van der Waals surface area contributed by atoms with Crippen molar-refractivity contribution in [3.8, 4) is 5.75 Å². The average Bonchev–Trinajstić information content (AvgIpc) is 3.55. The maximum Gasteiger partial charge on any atom is 0.408 e. The second-order valence-corrected chi connectivity index (χ2v) is 12.8. The van der Waals surface area contributed by atoms with Gasteiger partial charge in [0.1, 0.15) is 35.2 Å². The van der Waals surface area contributed by atoms with Gasteiger partial charge in [-0.15, -0.1) is 0 Å². The fourth-order valence-electron chi connectivity index (χ4n) is 5.42. The lowest BCUT2D eigenvalue weighted by atomic mass is 10.0. The van der Waals surface area contributed by atoms with E-state index in [1.54, 1.807) is 63.2 Å². The number of primary amides is 1. The van der Waals surface area contributed by atoms with Crippen molar-refractivity contribution in [2.24, 2.45) is 5.73 Å². The zero-order valence-corrected chi connectivity index (χ0v) is 27.8. The maximum absolute atomic E-state index is 14.0. The first-order valence-electron chi connectivity index (χ1n) is 16.1. The summed E-state index contributed by atoms with van der Waals surface area (Å²) >= 11 is 0. The van der Waals surface area contributed by atoms with Gasteiger partial charge in [0.2, 0.25) is 17.7 Å². The van der Waals surface area contributed by atoms with E-state index in [2.05, 4.69) is 16.0 Å². The highest BCUT2D eigenvalue weighted by atomic mass is 16.6. The molecule has 0 bridgehead atoms. The monoisotopic (exact) mass is 669 g/mol. The normalized spacial score (nSPS) is 15.9. The van der Waals surface area contributed by atoms with E-state index in [4.69, 9.17) is 10.5 Å². The second-order valence-electron chi connectivity index (χ2n) is 12.8. The lowest BCUT2D eigenvalue weighted by Gasteiger charge is -2.30. The number of amides is 5. The number of carbonyl (C=O) groups is 5. The molecule has 0 aromatic heterocycles. The molecule has 0 saturated carbocycles. The Morgan fingerprint density at radius 3 is 2.08 bits per heavy atom. The Labute approximate surface area is 285 Å². The predicted octanol–water partition coefficient (Wildman–Crippen LogP) is 3.19. The minimum absolute atomic E-state index is 0.0496. The largest absolute Gasteiger partial charge is 0.508 e. The molecule has 12 heteroatoms. The lowest BCUT2D eigenvalue weighted by Crippen LogP contribution is -2.55. The molecule has 5 amide bonds. The van der Waals surface area contributed by atoms with Gasteiger partial charge in [-0.2, -0.15) is 0 Å². The van der Waals surface area contributed by atoms with Gasteiger partial charge in [-0.1, -0.05) is 72.8 Å². The molecule has 0 unspecified atom stereocenters. The van der Waals surface area contributed by atoms with Crippen LogP contribution in [0.3, 0.4) is 0 Å². The Kier molecular flexibility index (Phi) is 12.1. The summed E-state index contributed by atoms with van der Waals surface area (Å²) in [5.41, 5.74) is 6.75. The fourth-order valence-corrected chi connectivity index (χ4v) is 5.42. The topological polar surface area (TPSA) is 180 Å². The van der Waals surface area contributed by atoms with E-state index in [1.165, 1.54) is 23.1 Å². The summed E-state index contributed by atoms with van der Waals surface area (Å²) in [5.74, 6) is -2.54. The molecule has 0 spiro atoms. The summed E-state index contributed by atoms with van der Waals surface area (Å²) < 4.78 is 5.41. The maximum atomic E-state index is 14.0. The summed E-state index contributed by atoms with van der Waals surface area (Å²) in [4.78, 5) is 68.0. The van der Waals surface area contributed by atoms with Crippen molar-refractivity contribution in [3.05, 3.63) is 107 Å². The SMILES string of the molecule is CC(C)(C)OC(=O)N[C@@H](Cc1ccc(O)cc1)C(=O)N1CCC[C@H]1C(=O)N/C(=C\c1ccccc1)C(=O)N[C@@H](Cc1ccccc1)C(N)=O. The Hall–Kier alpha value is -5.65. The molecule has 0 radical (unpaired) electrons. The number of nitrogens with two attached hydrogens (primary N) is 1. The number of phenols is 1. The Morgan fingerprint density at radius 1 is 0.878 bits per heavy atom. The highest BCUT2D eigenvalue weighted by Gasteiger charge is 2.39. The quantitative estimate of drug-likeness (QED) is 0.184. The molecular formula is C37H43N5O7. The number of alkyl carbamates (subject to hydrolysis) is 1. The van der Waals surface area contributed by atoms with Gasteiger partial charge in [0.05, 0.1) is 0 Å². The standard InChI is InChI=1S/C37H43N5O7/c1-37(2,3)49-36(48)41-30(23-26-16-18-27(43)19-17-26)35(47)42-20-10-15-31(42)34(46)40-29(22-25-13-8-5-9-14-25)33(45)39-28(32(38)44)21-24-11-6-4-7-12-24/h4-9,11-14,16-19,22,28,30-31,43H,10,15,20-21,23H2,1-3H3,(H2,38,44)(H,39,45)(H,40,46)(H,41,48)/b29-22-/t28-,30-,31-/m0/s1. The average molecular weight is 670 g/mol. The van der Waals surface area contributed by atoms with Gasteiger partial charge >= 0.3 is 6.09 Å². The second kappa shape index (κ2) is 16.4. The van der Waals surface area contributed by atoms with E-state index in [9.17, 15) is 29.1 Å². The molecule has 12 nitrogen and oxygen atoms in total. The van der Waals surface area contributed by atoms with Crippen LogP contribution in [0.4, 0.5) is 4.79 Å². The highest BCUT2D eigenvalue weighted by molar-refractivity contribution is 6.04. The molecule has 3 aromatic rings. The Morgan fingerprint density at radius 2 is 1.47 bits per heavy atom. The van der Waals surface area contributed by atoms with Crippen LogP contribution in [0.1, 0.15) is 50.3 Å². The number of rotatable bonds is 12. The third-order valence-electron chi connectivity index (χ3n) is 7.75. The number of nitrogens with zero attached hydrogens (tertiary/aromatic N) is 1. The van der Waals surface area contributed by atoms with Crippen molar-refractivity contribution in [1.29, 1.82) is 0 Å². The predicted molar refractivity (Wildman–Crippen MR) is 184 cm³/mol. The first-order valence-corrected chi connectivity index (χ1v) is 16.1. The van der Waals surface area contributed by atoms with Crippen molar-refractivity contribution >= 4 is 35.8 Å². The molecule has 1 saturated heterocycles. The molecule has 1 aliphatic heterocycles. The molecule has 49 heavy (non-hydrogen) atoms. The molecule has 1 heterocycles. The van der Waals surface area contributed by atoms with Crippen molar-refractivity contribution in [1.82, 2.24) is 20.9 Å². The molecule has 258 valence electrons. The van der Waals surface area contributed by atoms with Gasteiger partial charge in [0, 0.05) is 19.4 Å². The number of phenolic OH excluding ortho intramolecular Hbond substituents is 1. The van der Waals surface area contributed by atoms with Crippen LogP contribution in [0.25, 0.3) is 6.08 Å². The summed E-state index contributed by atoms with van der Waals surface area (Å²) in [6.45, 7) is 5.35. The van der Waals surface area contributed by atoms with E-state index in [-0.39, 0.29) is 30.8 Å². The van der Waals surface area contributed by atoms with Crippen LogP contribution in [0, 0.1) is 0 Å². The van der Waals surface area contributed by atoms with Gasteiger partial charge < -0.3 is 36.4 Å². The molecule has 6 N–H and O–H groups in total. The van der Waals surface area contributed by atoms with Crippen LogP contribution in [-0.4, -0.2) is 70.0 Å². The van der Waals surface area contributed by atoms with Gasteiger partial charge in [-0.05, 0) is 68.5 Å². The number of ether oxygens (including phenoxy) is 1. The number of likely N-dealkylation sites (tertiary alicyclic amines) is 1. The third kappa shape index (κ3) is 11.0. The molecule has 4 rings (SSSR count). The van der Waals surface area contributed by atoms with Crippen molar-refractivity contribution in [2.75, 3.05) is 6.54 Å². The highest BCUT2D eigenvalue weighted by Crippen LogP contribution is 2.22. The van der Waals surface area contributed by atoms with Crippen LogP contribution < -0.4 is 21.7 Å². The Balaban J connectivity index is 1.56. The van der Waals surface area contributed by atoms with Crippen LogP contribution in [0.5, 0.6) is 5.75 Å². The van der Waals surface area contributed by atoms with Gasteiger partial charge in [0.25, 0.3) is 5.91 Å². The van der Waals surface area contributed by atoms with E-state index in [0.29, 0.717) is 24.0 Å². The number of hydrogen-bond acceptors (Lipinski definition) is 7. The number of aromatic hydroxyl groups is 1. The number of nitrogens with one attached hydrogen (secondary N) is 3. The Bertz CT molecular complexity index is 1650. The zero-order chi connectivity index (χ0) is 35.6. The molecule has 0 aliphatic carbocycles. The van der Waals surface area contributed by atoms with Crippen LogP contribution in [0.2, 0.25) is 0 Å². The van der Waals surface area contributed by atoms with E-state index < -0.39 is 53.4 Å². The van der Waals surface area contributed by atoms with Gasteiger partial charge in [-0.25, -0.2) is 4.79 Å². The lowest BCUT2D eigenvalue weighted by molar-refractivity contribution is -0.140. The van der Waals surface area contributed by atoms with Gasteiger partial charge in [0.15, 0.2) is 0 Å². The first-order chi connectivity index (χ1) is 23.3. The smallest absolute Gasteiger partial charge is 0.408 e. The fraction of sp³-hybridized carbons (Fsp3) is 0.324. The third-order valence-corrected chi connectivity index (χ3v) is 7.75. The van der Waals surface area contributed by atoms with Crippen molar-refractivity contribution < 1.29 is 33.8 Å². The van der Waals surface area contributed by atoms with Crippen LogP contribution >= 0.6 is 0 Å². The van der Waals surface area contributed by atoms with Crippen LogP contribution in [-0.2, 0) is 36.8 Å². The summed E-state index contributed by atoms with van der Waals surface area (Å²) in [5, 5.41) is 17.7. The molecule has 3 aromatic carbocycles.